The van der Waals surface area contributed by atoms with Crippen LogP contribution in [0.3, 0.4) is 0 Å². The number of halogens is 2. The summed E-state index contributed by atoms with van der Waals surface area (Å²) in [6, 6.07) is 11.8. The minimum Gasteiger partial charge on any atom is -0.508 e. The van der Waals surface area contributed by atoms with Crippen molar-refractivity contribution in [3.8, 4) is 5.75 Å². The van der Waals surface area contributed by atoms with Crippen LogP contribution in [-0.4, -0.2) is 11.7 Å². The van der Waals surface area contributed by atoms with Gasteiger partial charge in [-0.1, -0.05) is 28.1 Å². The molecule has 0 amide bonds. The quantitative estimate of drug-likeness (QED) is 0.905. The summed E-state index contributed by atoms with van der Waals surface area (Å²) in [5.41, 5.74) is 1.49. The van der Waals surface area contributed by atoms with Gasteiger partial charge in [0.05, 0.1) is 5.69 Å². The van der Waals surface area contributed by atoms with Crippen LogP contribution < -0.4 is 4.90 Å². The van der Waals surface area contributed by atoms with Crippen LogP contribution in [0.15, 0.2) is 46.9 Å². The highest BCUT2D eigenvalue weighted by Crippen LogP contribution is 2.26. The summed E-state index contributed by atoms with van der Waals surface area (Å²) < 4.78 is 14.7. The first-order valence-electron chi connectivity index (χ1n) is 6.08. The molecule has 0 aliphatic heterocycles. The zero-order valence-electron chi connectivity index (χ0n) is 10.6. The monoisotopic (exact) mass is 323 g/mol. The molecule has 0 radical (unpaired) electrons. The Bertz CT molecular complexity index is 574. The van der Waals surface area contributed by atoms with Gasteiger partial charge in [-0.05, 0) is 42.8 Å². The number of nitrogens with zero attached hydrogens (tertiary/aromatic N) is 1. The average molecular weight is 324 g/mol. The Labute approximate surface area is 120 Å². The standard InChI is InChI=1S/C15H15BrFNO/c1-2-18(15-6-4-3-5-14(15)17)10-11-9-12(19)7-8-13(11)16/h3-9,19H,2,10H2,1H3. The number of para-hydroxylation sites is 1. The van der Waals surface area contributed by atoms with E-state index in [0.717, 1.165) is 10.0 Å². The number of hydrogen-bond acceptors (Lipinski definition) is 2. The molecule has 0 fully saturated rings. The van der Waals surface area contributed by atoms with E-state index in [0.29, 0.717) is 18.8 Å². The van der Waals surface area contributed by atoms with E-state index in [-0.39, 0.29) is 11.6 Å². The van der Waals surface area contributed by atoms with Crippen LogP contribution in [0, 0.1) is 5.82 Å². The van der Waals surface area contributed by atoms with Gasteiger partial charge in [-0.25, -0.2) is 4.39 Å². The lowest BCUT2D eigenvalue weighted by Gasteiger charge is -2.24. The third-order valence-corrected chi connectivity index (χ3v) is 3.74. The van der Waals surface area contributed by atoms with Crippen LogP contribution >= 0.6 is 15.9 Å². The van der Waals surface area contributed by atoms with Crippen molar-refractivity contribution in [3.63, 3.8) is 0 Å². The molecule has 0 heterocycles. The molecular formula is C15H15BrFNO. The van der Waals surface area contributed by atoms with Gasteiger partial charge in [0.15, 0.2) is 0 Å². The van der Waals surface area contributed by atoms with Crippen LogP contribution in [0.25, 0.3) is 0 Å². The fraction of sp³-hybridized carbons (Fsp3) is 0.200. The molecule has 100 valence electrons. The molecule has 2 aromatic rings. The number of benzene rings is 2. The maximum atomic E-state index is 13.8. The fourth-order valence-electron chi connectivity index (χ4n) is 1.96. The highest BCUT2D eigenvalue weighted by atomic mass is 79.9. The second kappa shape index (κ2) is 6.06. The van der Waals surface area contributed by atoms with E-state index in [4.69, 9.17) is 0 Å². The Morgan fingerprint density at radius 2 is 1.95 bits per heavy atom. The zero-order chi connectivity index (χ0) is 13.8. The summed E-state index contributed by atoms with van der Waals surface area (Å²) in [4.78, 5) is 1.93. The van der Waals surface area contributed by atoms with Crippen LogP contribution in [0.5, 0.6) is 5.75 Å². The Kier molecular flexibility index (Phi) is 4.43. The third kappa shape index (κ3) is 3.26. The van der Waals surface area contributed by atoms with Gasteiger partial charge in [0.1, 0.15) is 11.6 Å². The van der Waals surface area contributed by atoms with Gasteiger partial charge in [0.25, 0.3) is 0 Å². The lowest BCUT2D eigenvalue weighted by atomic mass is 10.2. The molecule has 0 aliphatic rings. The molecular weight excluding hydrogens is 309 g/mol. The summed E-state index contributed by atoms with van der Waals surface area (Å²) in [5.74, 6) is -0.0246. The molecule has 0 spiro atoms. The van der Waals surface area contributed by atoms with Gasteiger partial charge in [-0.3, -0.25) is 0 Å². The SMILES string of the molecule is CCN(Cc1cc(O)ccc1Br)c1ccccc1F. The highest BCUT2D eigenvalue weighted by molar-refractivity contribution is 9.10. The lowest BCUT2D eigenvalue weighted by Crippen LogP contribution is -2.23. The summed E-state index contributed by atoms with van der Waals surface area (Å²) in [5, 5.41) is 9.53. The van der Waals surface area contributed by atoms with Crippen molar-refractivity contribution in [2.75, 3.05) is 11.4 Å². The molecule has 0 saturated carbocycles. The molecule has 0 bridgehead atoms. The van der Waals surface area contributed by atoms with E-state index in [9.17, 15) is 9.50 Å². The van der Waals surface area contributed by atoms with Crippen molar-refractivity contribution < 1.29 is 9.50 Å². The molecule has 2 aromatic carbocycles. The first-order valence-corrected chi connectivity index (χ1v) is 6.88. The molecule has 4 heteroatoms. The summed E-state index contributed by atoms with van der Waals surface area (Å²) >= 11 is 3.45. The molecule has 0 aliphatic carbocycles. The Balaban J connectivity index is 2.29. The highest BCUT2D eigenvalue weighted by Gasteiger charge is 2.11. The number of anilines is 1. The van der Waals surface area contributed by atoms with E-state index in [1.54, 1.807) is 30.3 Å². The van der Waals surface area contributed by atoms with Gasteiger partial charge >= 0.3 is 0 Å². The Morgan fingerprint density at radius 3 is 2.63 bits per heavy atom. The van der Waals surface area contributed by atoms with E-state index >= 15 is 0 Å². The normalized spacial score (nSPS) is 10.5. The topological polar surface area (TPSA) is 23.5 Å². The van der Waals surface area contributed by atoms with Crippen molar-refractivity contribution in [2.45, 2.75) is 13.5 Å². The molecule has 0 saturated heterocycles. The van der Waals surface area contributed by atoms with Gasteiger partial charge in [-0.15, -0.1) is 0 Å². The number of hydrogen-bond donors (Lipinski definition) is 1. The maximum Gasteiger partial charge on any atom is 0.146 e. The van der Waals surface area contributed by atoms with Crippen LogP contribution in [0.4, 0.5) is 10.1 Å². The first kappa shape index (κ1) is 13.9. The van der Waals surface area contributed by atoms with Crippen LogP contribution in [0.2, 0.25) is 0 Å². The fourth-order valence-corrected chi connectivity index (χ4v) is 2.34. The average Bonchev–Trinajstić information content (AvgIpc) is 2.41. The van der Waals surface area contributed by atoms with E-state index in [1.807, 2.05) is 17.9 Å². The van der Waals surface area contributed by atoms with Gasteiger partial charge < -0.3 is 10.0 Å². The molecule has 2 nitrogen and oxygen atoms in total. The molecule has 0 unspecified atom stereocenters. The van der Waals surface area contributed by atoms with Crippen LogP contribution in [0.1, 0.15) is 12.5 Å². The van der Waals surface area contributed by atoms with Crippen molar-refractivity contribution in [3.05, 3.63) is 58.3 Å². The first-order chi connectivity index (χ1) is 9.11. The Morgan fingerprint density at radius 1 is 1.21 bits per heavy atom. The predicted octanol–water partition coefficient (Wildman–Crippen LogP) is 4.32. The third-order valence-electron chi connectivity index (χ3n) is 2.97. The van der Waals surface area contributed by atoms with E-state index in [1.165, 1.54) is 6.07 Å². The predicted molar refractivity (Wildman–Crippen MR) is 78.9 cm³/mol. The summed E-state index contributed by atoms with van der Waals surface area (Å²) in [6.07, 6.45) is 0. The Hall–Kier alpha value is -1.55. The molecule has 2 rings (SSSR count). The second-order valence-corrected chi connectivity index (χ2v) is 5.10. The van der Waals surface area contributed by atoms with Crippen LogP contribution in [-0.2, 0) is 6.54 Å². The number of phenols is 1. The zero-order valence-corrected chi connectivity index (χ0v) is 12.2. The summed E-state index contributed by atoms with van der Waals surface area (Å²) in [7, 11) is 0. The molecule has 1 N–H and O–H groups in total. The molecule has 0 atom stereocenters. The van der Waals surface area contributed by atoms with E-state index in [2.05, 4.69) is 15.9 Å². The number of phenolic OH excluding ortho intramolecular Hbond substituents is 1. The minimum atomic E-state index is -0.236. The number of rotatable bonds is 4. The largest absolute Gasteiger partial charge is 0.508 e. The summed E-state index contributed by atoms with van der Waals surface area (Å²) in [6.45, 7) is 3.19. The van der Waals surface area contributed by atoms with Gasteiger partial charge in [0, 0.05) is 17.6 Å². The molecule has 19 heavy (non-hydrogen) atoms. The van der Waals surface area contributed by atoms with Crippen molar-refractivity contribution in [1.29, 1.82) is 0 Å². The minimum absolute atomic E-state index is 0.211. The number of aromatic hydroxyl groups is 1. The smallest absolute Gasteiger partial charge is 0.146 e. The van der Waals surface area contributed by atoms with Crippen molar-refractivity contribution in [2.24, 2.45) is 0 Å². The second-order valence-electron chi connectivity index (χ2n) is 4.24. The lowest BCUT2D eigenvalue weighted by molar-refractivity contribution is 0.474. The molecule has 0 aromatic heterocycles. The van der Waals surface area contributed by atoms with Gasteiger partial charge in [-0.2, -0.15) is 0 Å². The van der Waals surface area contributed by atoms with Crippen molar-refractivity contribution in [1.82, 2.24) is 0 Å². The van der Waals surface area contributed by atoms with Gasteiger partial charge in [0.2, 0.25) is 0 Å². The van der Waals surface area contributed by atoms with Crippen molar-refractivity contribution >= 4 is 21.6 Å². The maximum absolute atomic E-state index is 13.8. The van der Waals surface area contributed by atoms with E-state index < -0.39 is 0 Å².